The summed E-state index contributed by atoms with van der Waals surface area (Å²) in [5, 5.41) is 0. The minimum atomic E-state index is 0.244. The van der Waals surface area contributed by atoms with Crippen molar-refractivity contribution in [1.29, 1.82) is 0 Å². The first kappa shape index (κ1) is 12.4. The Bertz CT molecular complexity index is 336. The number of hydrogen-bond acceptors (Lipinski definition) is 2. The Kier molecular flexibility index (Phi) is 4.06. The fourth-order valence-electron chi connectivity index (χ4n) is 2.74. The van der Waals surface area contributed by atoms with E-state index in [0.29, 0.717) is 0 Å². The van der Waals surface area contributed by atoms with Crippen LogP contribution < -0.4 is 10.6 Å². The van der Waals surface area contributed by atoms with Crippen molar-refractivity contribution < 1.29 is 0 Å². The molecular formula is C15H24N2. The van der Waals surface area contributed by atoms with Crippen LogP contribution in [0.3, 0.4) is 0 Å². The zero-order valence-electron chi connectivity index (χ0n) is 11.0. The van der Waals surface area contributed by atoms with Crippen molar-refractivity contribution in [2.75, 3.05) is 11.9 Å². The number of anilines is 1. The summed E-state index contributed by atoms with van der Waals surface area (Å²) in [6.07, 6.45) is 6.43. The number of rotatable bonds is 4. The lowest BCUT2D eigenvalue weighted by atomic mass is 10.1. The van der Waals surface area contributed by atoms with Crippen LogP contribution in [-0.4, -0.2) is 19.1 Å². The molecule has 0 radical (unpaired) electrons. The van der Waals surface area contributed by atoms with Crippen LogP contribution >= 0.6 is 0 Å². The first-order valence-electron chi connectivity index (χ1n) is 6.74. The SMILES string of the molecule is CC(N)Cc1ccc(N(C)C2CCCC2)cc1. The lowest BCUT2D eigenvalue weighted by molar-refractivity contribution is 0.653. The van der Waals surface area contributed by atoms with E-state index in [0.717, 1.165) is 12.5 Å². The summed E-state index contributed by atoms with van der Waals surface area (Å²) in [5.41, 5.74) is 8.49. The molecule has 0 aliphatic heterocycles. The van der Waals surface area contributed by atoms with Gasteiger partial charge in [-0.1, -0.05) is 25.0 Å². The number of nitrogens with zero attached hydrogens (tertiary/aromatic N) is 1. The van der Waals surface area contributed by atoms with Crippen molar-refractivity contribution in [3.8, 4) is 0 Å². The molecule has 1 unspecified atom stereocenters. The Hall–Kier alpha value is -1.02. The third-order valence-electron chi connectivity index (χ3n) is 3.77. The third kappa shape index (κ3) is 3.22. The van der Waals surface area contributed by atoms with Crippen LogP contribution in [-0.2, 0) is 6.42 Å². The van der Waals surface area contributed by atoms with Gasteiger partial charge in [0.15, 0.2) is 0 Å². The minimum Gasteiger partial charge on any atom is -0.372 e. The number of nitrogens with two attached hydrogens (primary N) is 1. The van der Waals surface area contributed by atoms with E-state index in [1.165, 1.54) is 36.9 Å². The van der Waals surface area contributed by atoms with Gasteiger partial charge >= 0.3 is 0 Å². The summed E-state index contributed by atoms with van der Waals surface area (Å²) in [6, 6.07) is 9.88. The summed E-state index contributed by atoms with van der Waals surface area (Å²) in [4.78, 5) is 2.43. The number of benzene rings is 1. The topological polar surface area (TPSA) is 29.3 Å². The Balaban J connectivity index is 2.01. The van der Waals surface area contributed by atoms with E-state index < -0.39 is 0 Å². The Morgan fingerprint density at radius 3 is 2.35 bits per heavy atom. The molecule has 1 saturated carbocycles. The van der Waals surface area contributed by atoms with Gasteiger partial charge in [0, 0.05) is 24.8 Å². The molecule has 2 heteroatoms. The molecule has 1 aliphatic carbocycles. The summed E-state index contributed by atoms with van der Waals surface area (Å²) in [7, 11) is 2.22. The highest BCUT2D eigenvalue weighted by Crippen LogP contribution is 2.27. The average molecular weight is 232 g/mol. The lowest BCUT2D eigenvalue weighted by Crippen LogP contribution is -2.28. The van der Waals surface area contributed by atoms with E-state index in [-0.39, 0.29) is 6.04 Å². The molecule has 2 nitrogen and oxygen atoms in total. The van der Waals surface area contributed by atoms with Crippen molar-refractivity contribution >= 4 is 5.69 Å². The molecule has 0 aromatic heterocycles. The molecule has 2 N–H and O–H groups in total. The molecule has 1 aliphatic rings. The van der Waals surface area contributed by atoms with Gasteiger partial charge in [-0.2, -0.15) is 0 Å². The second-order valence-electron chi connectivity index (χ2n) is 5.40. The normalized spacial score (nSPS) is 18.3. The summed E-state index contributed by atoms with van der Waals surface area (Å²) >= 11 is 0. The van der Waals surface area contributed by atoms with Crippen LogP contribution in [0.1, 0.15) is 38.2 Å². The molecule has 1 aromatic rings. The molecule has 1 aromatic carbocycles. The van der Waals surface area contributed by atoms with Crippen LogP contribution in [0.15, 0.2) is 24.3 Å². The van der Waals surface area contributed by atoms with Crippen molar-refractivity contribution in [2.24, 2.45) is 5.73 Å². The van der Waals surface area contributed by atoms with Gasteiger partial charge in [0.25, 0.3) is 0 Å². The highest BCUT2D eigenvalue weighted by atomic mass is 15.1. The molecule has 1 fully saturated rings. The van der Waals surface area contributed by atoms with Crippen molar-refractivity contribution in [2.45, 2.75) is 51.1 Å². The van der Waals surface area contributed by atoms with Crippen LogP contribution in [0.25, 0.3) is 0 Å². The van der Waals surface area contributed by atoms with Gasteiger partial charge in [0.2, 0.25) is 0 Å². The maximum atomic E-state index is 5.81. The van der Waals surface area contributed by atoms with Gasteiger partial charge in [0.05, 0.1) is 0 Å². The van der Waals surface area contributed by atoms with E-state index in [9.17, 15) is 0 Å². The molecule has 0 saturated heterocycles. The van der Waals surface area contributed by atoms with E-state index in [2.05, 4.69) is 43.1 Å². The maximum absolute atomic E-state index is 5.81. The minimum absolute atomic E-state index is 0.244. The maximum Gasteiger partial charge on any atom is 0.0366 e. The van der Waals surface area contributed by atoms with E-state index in [1.54, 1.807) is 0 Å². The van der Waals surface area contributed by atoms with Gasteiger partial charge in [-0.25, -0.2) is 0 Å². The molecule has 94 valence electrons. The third-order valence-corrected chi connectivity index (χ3v) is 3.77. The van der Waals surface area contributed by atoms with Gasteiger partial charge in [-0.3, -0.25) is 0 Å². The van der Waals surface area contributed by atoms with Crippen molar-refractivity contribution in [1.82, 2.24) is 0 Å². The first-order chi connectivity index (χ1) is 8.16. The molecule has 17 heavy (non-hydrogen) atoms. The molecular weight excluding hydrogens is 208 g/mol. The Morgan fingerprint density at radius 1 is 1.24 bits per heavy atom. The first-order valence-corrected chi connectivity index (χ1v) is 6.74. The molecule has 1 atom stereocenters. The zero-order valence-corrected chi connectivity index (χ0v) is 11.0. The average Bonchev–Trinajstić information content (AvgIpc) is 2.82. The molecule has 0 heterocycles. The fourth-order valence-corrected chi connectivity index (χ4v) is 2.74. The number of hydrogen-bond donors (Lipinski definition) is 1. The summed E-state index contributed by atoms with van der Waals surface area (Å²) in [5.74, 6) is 0. The van der Waals surface area contributed by atoms with Gasteiger partial charge < -0.3 is 10.6 Å². The fraction of sp³-hybridized carbons (Fsp3) is 0.600. The van der Waals surface area contributed by atoms with Gasteiger partial charge in [-0.15, -0.1) is 0 Å². The summed E-state index contributed by atoms with van der Waals surface area (Å²) in [6.45, 7) is 2.05. The molecule has 0 spiro atoms. The van der Waals surface area contributed by atoms with Crippen molar-refractivity contribution in [3.05, 3.63) is 29.8 Å². The lowest BCUT2D eigenvalue weighted by Gasteiger charge is -2.26. The van der Waals surface area contributed by atoms with Crippen LogP contribution in [0.4, 0.5) is 5.69 Å². The van der Waals surface area contributed by atoms with Crippen LogP contribution in [0, 0.1) is 0 Å². The molecule has 0 amide bonds. The monoisotopic (exact) mass is 232 g/mol. The highest BCUT2D eigenvalue weighted by molar-refractivity contribution is 5.48. The zero-order chi connectivity index (χ0) is 12.3. The van der Waals surface area contributed by atoms with Crippen LogP contribution in [0.2, 0.25) is 0 Å². The largest absolute Gasteiger partial charge is 0.372 e. The smallest absolute Gasteiger partial charge is 0.0366 e. The molecule has 0 bridgehead atoms. The quantitative estimate of drug-likeness (QED) is 0.865. The van der Waals surface area contributed by atoms with Crippen LogP contribution in [0.5, 0.6) is 0 Å². The van der Waals surface area contributed by atoms with Crippen molar-refractivity contribution in [3.63, 3.8) is 0 Å². The predicted octanol–water partition coefficient (Wildman–Crippen LogP) is 2.96. The molecule has 2 rings (SSSR count). The second-order valence-corrected chi connectivity index (χ2v) is 5.40. The van der Waals surface area contributed by atoms with E-state index in [1.807, 2.05) is 0 Å². The Morgan fingerprint density at radius 2 is 1.82 bits per heavy atom. The van der Waals surface area contributed by atoms with E-state index >= 15 is 0 Å². The summed E-state index contributed by atoms with van der Waals surface area (Å²) < 4.78 is 0. The predicted molar refractivity (Wildman–Crippen MR) is 74.5 cm³/mol. The van der Waals surface area contributed by atoms with E-state index in [4.69, 9.17) is 5.73 Å². The Labute approximate surface area is 105 Å². The van der Waals surface area contributed by atoms with Gasteiger partial charge in [-0.05, 0) is 43.9 Å². The highest BCUT2D eigenvalue weighted by Gasteiger charge is 2.19. The van der Waals surface area contributed by atoms with Gasteiger partial charge in [0.1, 0.15) is 0 Å². The standard InChI is InChI=1S/C15H24N2/c1-12(16)11-13-7-9-15(10-8-13)17(2)14-5-3-4-6-14/h7-10,12,14H,3-6,11,16H2,1-2H3. The second kappa shape index (κ2) is 5.54.